The van der Waals surface area contributed by atoms with Gasteiger partial charge in [0, 0.05) is 0 Å². The molecule has 1 heterocycles. The average molecular weight is 1050 g/mol. The fourth-order valence-corrected chi connectivity index (χ4v) is 8.90. The van der Waals surface area contributed by atoms with E-state index in [0.29, 0.717) is 18.4 Å². The quantitative estimate of drug-likeness (QED) is 0.0252. The molecule has 0 radical (unpaired) electrons. The van der Waals surface area contributed by atoms with E-state index < -0.39 is 60.7 Å². The molecule has 1 aliphatic heterocycles. The maximum atomic E-state index is 18.4. The summed E-state index contributed by atoms with van der Waals surface area (Å²) < 4.78 is 82.7. The third-order valence-electron chi connectivity index (χ3n) is 13.0. The van der Waals surface area contributed by atoms with E-state index in [-0.39, 0.29) is 64.8 Å². The van der Waals surface area contributed by atoms with Gasteiger partial charge in [0.2, 0.25) is 0 Å². The second kappa shape index (κ2) is 29.5. The largest absolute Gasteiger partial charge is 0.460 e. The van der Waals surface area contributed by atoms with Gasteiger partial charge in [-0.15, -0.1) is 5.48 Å². The van der Waals surface area contributed by atoms with Crippen LogP contribution in [0.25, 0.3) is 0 Å². The zero-order chi connectivity index (χ0) is 53.4. The second-order valence-corrected chi connectivity index (χ2v) is 18.7. The van der Waals surface area contributed by atoms with Gasteiger partial charge in [0.05, 0.1) is 51.7 Å². The van der Waals surface area contributed by atoms with Crippen LogP contribution < -0.4 is 10.8 Å². The van der Waals surface area contributed by atoms with E-state index in [9.17, 15) is 9.59 Å². The molecule has 77 heavy (non-hydrogen) atoms. The van der Waals surface area contributed by atoms with Crippen LogP contribution in [0.3, 0.4) is 0 Å². The van der Waals surface area contributed by atoms with E-state index in [1.165, 1.54) is 0 Å². The van der Waals surface area contributed by atoms with Crippen molar-refractivity contribution in [2.24, 2.45) is 0 Å². The summed E-state index contributed by atoms with van der Waals surface area (Å²) in [5.41, 5.74) is 7.57. The zero-order valence-electron chi connectivity index (χ0n) is 42.9. The average Bonchev–Trinajstić information content (AvgIpc) is 3.56. The highest BCUT2D eigenvalue weighted by atomic mass is 19.3. The number of nitrogens with one attached hydrogen (secondary N) is 2. The molecule has 402 valence electrons. The molecule has 0 saturated carbocycles. The highest BCUT2D eigenvalue weighted by molar-refractivity contribution is 5.89. The number of esters is 1. The van der Waals surface area contributed by atoms with Crippen molar-refractivity contribution in [1.82, 2.24) is 10.8 Å². The Hall–Kier alpha value is -6.98. The lowest BCUT2D eigenvalue weighted by Crippen LogP contribution is -2.75. The normalized spacial score (nSPS) is 18.8. The third-order valence-corrected chi connectivity index (χ3v) is 13.0. The van der Waals surface area contributed by atoms with Crippen LogP contribution in [-0.4, -0.2) is 73.8 Å². The summed E-state index contributed by atoms with van der Waals surface area (Å²) in [6.45, 7) is -1.06. The van der Waals surface area contributed by atoms with Crippen LogP contribution >= 0.6 is 0 Å². The fourth-order valence-electron chi connectivity index (χ4n) is 8.90. The Bertz CT molecular complexity index is 2770. The first-order valence-electron chi connectivity index (χ1n) is 26.0. The second-order valence-electron chi connectivity index (χ2n) is 18.7. The zero-order valence-corrected chi connectivity index (χ0v) is 42.9. The predicted octanol–water partition coefficient (Wildman–Crippen LogP) is 11.1. The van der Waals surface area contributed by atoms with E-state index in [0.717, 1.165) is 27.8 Å². The first-order chi connectivity index (χ1) is 37.8. The minimum absolute atomic E-state index is 0.00536. The number of carbonyl (C=O) groups excluding carboxylic acids is 2. The lowest BCUT2D eigenvalue weighted by atomic mass is 9.87. The lowest BCUT2D eigenvalue weighted by Gasteiger charge is -2.54. The van der Waals surface area contributed by atoms with Crippen molar-refractivity contribution in [3.05, 3.63) is 251 Å². The van der Waals surface area contributed by atoms with Gasteiger partial charge in [0.1, 0.15) is 37.1 Å². The van der Waals surface area contributed by atoms with Crippen LogP contribution in [0.2, 0.25) is 0 Å². The molecule has 7 aromatic carbocycles. The Balaban J connectivity index is 1.07. The third kappa shape index (κ3) is 16.8. The number of alkyl halides is 2. The molecule has 7 aromatic rings. The molecule has 0 amide bonds. The minimum Gasteiger partial charge on any atom is -0.460 e. The Morgan fingerprint density at radius 2 is 0.974 bits per heavy atom. The molecule has 6 atom stereocenters. The maximum absolute atomic E-state index is 18.4. The number of rotatable bonds is 30. The first kappa shape index (κ1) is 56.2. The van der Waals surface area contributed by atoms with Gasteiger partial charge >= 0.3 is 17.9 Å². The number of ether oxygens (including phenoxy) is 7. The topological polar surface area (TPSA) is 132 Å². The first-order valence-corrected chi connectivity index (χ1v) is 26.0. The molecule has 14 heteroatoms. The van der Waals surface area contributed by atoms with Gasteiger partial charge in [-0.2, -0.15) is 8.78 Å². The van der Waals surface area contributed by atoms with Crippen LogP contribution in [0.5, 0.6) is 0 Å². The van der Waals surface area contributed by atoms with Crippen molar-refractivity contribution in [2.45, 2.75) is 101 Å². The van der Waals surface area contributed by atoms with E-state index >= 15 is 8.78 Å². The number of hydroxylamine groups is 1. The van der Waals surface area contributed by atoms with Gasteiger partial charge in [-0.3, -0.25) is 4.79 Å². The number of hydrogen-bond acceptors (Lipinski definition) is 12. The van der Waals surface area contributed by atoms with E-state index in [4.69, 9.17) is 38.0 Å². The monoisotopic (exact) mass is 1050 g/mol. The Labute approximate surface area is 449 Å². The summed E-state index contributed by atoms with van der Waals surface area (Å²) in [4.78, 5) is 31.7. The molecule has 8 rings (SSSR count). The highest BCUT2D eigenvalue weighted by Crippen LogP contribution is 2.47. The SMILES string of the molecule is O=C(ON[C@@H](CCCCNCC(F)(F)[C@]1(OCc2ccccc2)O[C@H](COCc2ccccc2)[C@H](OCc2ccccc2)[C@H](OCc2ccccc2)[C@H]1OCc1ccccc1)C(=O)OCc1ccccc1)c1ccccc1. The lowest BCUT2D eigenvalue weighted by molar-refractivity contribution is -0.437. The number of unbranched alkanes of at least 4 members (excludes halogenated alkanes) is 1. The van der Waals surface area contributed by atoms with Gasteiger partial charge in [0.15, 0.2) is 0 Å². The number of carbonyl (C=O) groups is 2. The Morgan fingerprint density at radius 1 is 0.532 bits per heavy atom. The molecule has 0 aliphatic carbocycles. The molecule has 1 aliphatic rings. The summed E-state index contributed by atoms with van der Waals surface area (Å²) in [6, 6.07) is 63.4. The summed E-state index contributed by atoms with van der Waals surface area (Å²) in [7, 11) is 0. The fraction of sp³-hybridized carbons (Fsp3) is 0.302. The Kier molecular flexibility index (Phi) is 21.6. The van der Waals surface area contributed by atoms with Crippen LogP contribution in [-0.2, 0) is 82.4 Å². The number of halogens is 2. The number of benzene rings is 7. The van der Waals surface area contributed by atoms with Crippen molar-refractivity contribution in [3.8, 4) is 0 Å². The highest BCUT2D eigenvalue weighted by Gasteiger charge is 2.69. The van der Waals surface area contributed by atoms with Crippen molar-refractivity contribution in [1.29, 1.82) is 0 Å². The molecule has 2 N–H and O–H groups in total. The molecule has 12 nitrogen and oxygen atoms in total. The van der Waals surface area contributed by atoms with Crippen molar-refractivity contribution in [3.63, 3.8) is 0 Å². The Morgan fingerprint density at radius 3 is 1.49 bits per heavy atom. The molecular weight excluding hydrogens is 983 g/mol. The van der Waals surface area contributed by atoms with Crippen LogP contribution in [0, 0.1) is 0 Å². The van der Waals surface area contributed by atoms with Gasteiger partial charge in [-0.05, 0) is 71.3 Å². The van der Waals surface area contributed by atoms with Crippen LogP contribution in [0.1, 0.15) is 63.0 Å². The van der Waals surface area contributed by atoms with E-state index in [2.05, 4.69) is 10.8 Å². The van der Waals surface area contributed by atoms with Crippen molar-refractivity contribution >= 4 is 11.9 Å². The standard InChI is InChI=1S/C63H66F2N2O10/c64-62(65,47-66-39-23-22-38-55(61(69)74-44-52-32-16-5-17-33-52)67-77-60(68)54-36-20-7-21-37-54)63(75-45-53-34-18-6-19-35-53)59(73-43-51-30-14-4-15-31-51)58(72-42-50-28-12-3-13-29-50)57(71-41-49-26-10-2-11-27-49)56(76-63)46-70-40-48-24-8-1-9-25-48/h1-21,24-37,55-59,66-67H,22-23,38-47H2/t55-,56+,57-,58-,59+,63+/m0/s1. The summed E-state index contributed by atoms with van der Waals surface area (Å²) in [5, 5.41) is 2.98. The smallest absolute Gasteiger partial charge is 0.356 e. The van der Waals surface area contributed by atoms with Gasteiger partial charge in [-0.25, -0.2) is 4.79 Å². The molecule has 0 unspecified atom stereocenters. The van der Waals surface area contributed by atoms with Gasteiger partial charge in [-0.1, -0.05) is 200 Å². The molecule has 0 spiro atoms. The summed E-state index contributed by atoms with van der Waals surface area (Å²) in [5.74, 6) is -7.97. The predicted molar refractivity (Wildman–Crippen MR) is 287 cm³/mol. The van der Waals surface area contributed by atoms with E-state index in [1.54, 1.807) is 42.5 Å². The van der Waals surface area contributed by atoms with Crippen molar-refractivity contribution < 1.29 is 56.4 Å². The molecular formula is C63H66F2N2O10. The molecule has 1 fully saturated rings. The van der Waals surface area contributed by atoms with Gasteiger partial charge in [0.25, 0.3) is 5.79 Å². The summed E-state index contributed by atoms with van der Waals surface area (Å²) in [6.07, 6.45) is -4.16. The van der Waals surface area contributed by atoms with Crippen LogP contribution in [0.4, 0.5) is 8.78 Å². The van der Waals surface area contributed by atoms with Gasteiger partial charge < -0.3 is 43.3 Å². The molecule has 1 saturated heterocycles. The molecule has 0 aromatic heterocycles. The number of hydrogen-bond donors (Lipinski definition) is 2. The molecule has 0 bridgehead atoms. The van der Waals surface area contributed by atoms with E-state index in [1.807, 2.05) is 170 Å². The maximum Gasteiger partial charge on any atom is 0.356 e. The minimum atomic E-state index is -3.84. The van der Waals surface area contributed by atoms with Crippen molar-refractivity contribution in [2.75, 3.05) is 19.7 Å². The van der Waals surface area contributed by atoms with Crippen LogP contribution in [0.15, 0.2) is 212 Å². The summed E-state index contributed by atoms with van der Waals surface area (Å²) >= 11 is 0.